The first kappa shape index (κ1) is 14.0. The molecule has 19 heavy (non-hydrogen) atoms. The minimum Gasteiger partial charge on any atom is -0.352 e. The molecule has 0 saturated carbocycles. The summed E-state index contributed by atoms with van der Waals surface area (Å²) in [6.45, 7) is 5.15. The lowest BCUT2D eigenvalue weighted by Gasteiger charge is -2.25. The van der Waals surface area contributed by atoms with E-state index in [1.54, 1.807) is 11.3 Å². The predicted octanol–water partition coefficient (Wildman–Crippen LogP) is 3.37. The second-order valence-electron chi connectivity index (χ2n) is 4.75. The van der Waals surface area contributed by atoms with E-state index in [0.29, 0.717) is 6.04 Å². The molecule has 102 valence electrons. The Hall–Kier alpha value is -1.39. The Kier molecular flexibility index (Phi) is 4.56. The van der Waals surface area contributed by atoms with Gasteiger partial charge >= 0.3 is 0 Å². The fourth-order valence-electron chi connectivity index (χ4n) is 2.07. The Labute approximate surface area is 119 Å². The van der Waals surface area contributed by atoms with Crippen LogP contribution in [0, 0.1) is 6.92 Å². The number of rotatable bonds is 5. The summed E-state index contributed by atoms with van der Waals surface area (Å²) in [5.41, 5.74) is 2.35. The van der Waals surface area contributed by atoms with Gasteiger partial charge in [0, 0.05) is 24.2 Å². The molecule has 0 aliphatic carbocycles. The van der Waals surface area contributed by atoms with Crippen LogP contribution < -0.4 is 10.2 Å². The molecule has 0 bridgehead atoms. The number of hydrogen-bond acceptors (Lipinski definition) is 4. The van der Waals surface area contributed by atoms with E-state index in [0.717, 1.165) is 18.1 Å². The van der Waals surface area contributed by atoms with Crippen molar-refractivity contribution in [2.45, 2.75) is 26.4 Å². The van der Waals surface area contributed by atoms with Crippen molar-refractivity contribution in [1.29, 1.82) is 0 Å². The molecule has 0 radical (unpaired) electrons. The number of hydrogen-bond donors (Lipinski definition) is 1. The van der Waals surface area contributed by atoms with Crippen LogP contribution in [0.4, 0.5) is 5.82 Å². The van der Waals surface area contributed by atoms with Crippen LogP contribution in [0.5, 0.6) is 0 Å². The maximum atomic E-state index is 4.71. The molecule has 4 heteroatoms. The van der Waals surface area contributed by atoms with Crippen LogP contribution in [0.2, 0.25) is 0 Å². The van der Waals surface area contributed by atoms with Gasteiger partial charge in [-0.2, -0.15) is 0 Å². The number of thiophene rings is 1. The molecule has 2 heterocycles. The molecule has 0 saturated heterocycles. The molecule has 0 aromatic carbocycles. The third kappa shape index (κ3) is 3.14. The monoisotopic (exact) mass is 275 g/mol. The highest BCUT2D eigenvalue weighted by molar-refractivity contribution is 7.10. The zero-order valence-corrected chi connectivity index (χ0v) is 12.8. The molecule has 1 N–H and O–H groups in total. The molecular weight excluding hydrogens is 254 g/mol. The van der Waals surface area contributed by atoms with Crippen LogP contribution in [0.1, 0.15) is 29.1 Å². The van der Waals surface area contributed by atoms with Crippen molar-refractivity contribution in [2.75, 3.05) is 19.0 Å². The average molecular weight is 275 g/mol. The van der Waals surface area contributed by atoms with Gasteiger partial charge in [-0.25, -0.2) is 4.98 Å². The molecule has 1 atom stereocenters. The summed E-state index contributed by atoms with van der Waals surface area (Å²) in [4.78, 5) is 8.30. The Morgan fingerprint density at radius 1 is 1.37 bits per heavy atom. The normalized spacial score (nSPS) is 12.4. The van der Waals surface area contributed by atoms with Crippen molar-refractivity contribution in [3.05, 3.63) is 45.8 Å². The lowest BCUT2D eigenvalue weighted by Crippen LogP contribution is -2.22. The summed E-state index contributed by atoms with van der Waals surface area (Å²) in [5, 5.41) is 5.29. The largest absolute Gasteiger partial charge is 0.352 e. The van der Waals surface area contributed by atoms with Gasteiger partial charge in [0.1, 0.15) is 5.82 Å². The van der Waals surface area contributed by atoms with Crippen LogP contribution >= 0.6 is 11.3 Å². The van der Waals surface area contributed by atoms with E-state index in [-0.39, 0.29) is 0 Å². The summed E-state index contributed by atoms with van der Waals surface area (Å²) in [5.74, 6) is 1.03. The standard InChI is InChI=1S/C15H21N3S/c1-11-13(10-16-3)7-8-15(17-11)18(4)12(2)14-6-5-9-19-14/h5-9,12,16H,10H2,1-4H3. The quantitative estimate of drug-likeness (QED) is 0.907. The van der Waals surface area contributed by atoms with Gasteiger partial charge in [-0.15, -0.1) is 11.3 Å². The van der Waals surface area contributed by atoms with Crippen LogP contribution in [0.25, 0.3) is 0 Å². The average Bonchev–Trinajstić information content (AvgIpc) is 2.93. The van der Waals surface area contributed by atoms with Crippen molar-refractivity contribution in [3.8, 4) is 0 Å². The number of anilines is 1. The molecule has 0 aliphatic heterocycles. The first-order valence-electron chi connectivity index (χ1n) is 6.51. The number of aromatic nitrogens is 1. The van der Waals surface area contributed by atoms with Gasteiger partial charge in [-0.05, 0) is 44.0 Å². The highest BCUT2D eigenvalue weighted by Crippen LogP contribution is 2.27. The molecule has 0 spiro atoms. The maximum Gasteiger partial charge on any atom is 0.129 e. The minimum atomic E-state index is 0.349. The number of aryl methyl sites for hydroxylation is 1. The van der Waals surface area contributed by atoms with E-state index in [1.165, 1.54) is 10.4 Å². The molecule has 1 unspecified atom stereocenters. The Bertz CT molecular complexity index is 522. The van der Waals surface area contributed by atoms with Gasteiger partial charge in [-0.3, -0.25) is 0 Å². The van der Waals surface area contributed by atoms with Crippen molar-refractivity contribution < 1.29 is 0 Å². The van der Waals surface area contributed by atoms with Crippen LogP contribution in [0.3, 0.4) is 0 Å². The Balaban J connectivity index is 2.19. The van der Waals surface area contributed by atoms with Crippen molar-refractivity contribution in [2.24, 2.45) is 0 Å². The topological polar surface area (TPSA) is 28.2 Å². The van der Waals surface area contributed by atoms with Crippen molar-refractivity contribution in [1.82, 2.24) is 10.3 Å². The minimum absolute atomic E-state index is 0.349. The first-order chi connectivity index (χ1) is 9.13. The van der Waals surface area contributed by atoms with E-state index in [9.17, 15) is 0 Å². The lowest BCUT2D eigenvalue weighted by molar-refractivity contribution is 0.736. The maximum absolute atomic E-state index is 4.71. The van der Waals surface area contributed by atoms with E-state index in [4.69, 9.17) is 4.98 Å². The van der Waals surface area contributed by atoms with E-state index in [1.807, 2.05) is 7.05 Å². The molecule has 0 fully saturated rings. The molecule has 0 aliphatic rings. The third-order valence-electron chi connectivity index (χ3n) is 3.45. The van der Waals surface area contributed by atoms with Gasteiger partial charge in [0.2, 0.25) is 0 Å². The van der Waals surface area contributed by atoms with E-state index < -0.39 is 0 Å². The van der Waals surface area contributed by atoms with Gasteiger partial charge in [0.25, 0.3) is 0 Å². The molecule has 0 amide bonds. The molecule has 2 aromatic heterocycles. The van der Waals surface area contributed by atoms with Crippen molar-refractivity contribution >= 4 is 17.2 Å². The zero-order chi connectivity index (χ0) is 13.8. The fraction of sp³-hybridized carbons (Fsp3) is 0.400. The number of nitrogens with one attached hydrogen (secondary N) is 1. The first-order valence-corrected chi connectivity index (χ1v) is 7.38. The zero-order valence-electron chi connectivity index (χ0n) is 12.0. The second kappa shape index (κ2) is 6.17. The molecule has 3 nitrogen and oxygen atoms in total. The second-order valence-corrected chi connectivity index (χ2v) is 5.73. The molecule has 2 rings (SSSR count). The van der Waals surface area contributed by atoms with Gasteiger partial charge in [-0.1, -0.05) is 12.1 Å². The summed E-state index contributed by atoms with van der Waals surface area (Å²) in [6.07, 6.45) is 0. The lowest BCUT2D eigenvalue weighted by atomic mass is 10.2. The molecule has 2 aromatic rings. The summed E-state index contributed by atoms with van der Waals surface area (Å²) >= 11 is 1.79. The van der Waals surface area contributed by atoms with Gasteiger partial charge in [0.05, 0.1) is 6.04 Å². The smallest absolute Gasteiger partial charge is 0.129 e. The third-order valence-corrected chi connectivity index (χ3v) is 4.49. The fourth-order valence-corrected chi connectivity index (χ4v) is 2.90. The van der Waals surface area contributed by atoms with Gasteiger partial charge in [0.15, 0.2) is 0 Å². The SMILES string of the molecule is CNCc1ccc(N(C)C(C)c2cccs2)nc1C. The highest BCUT2D eigenvalue weighted by Gasteiger charge is 2.14. The van der Waals surface area contributed by atoms with E-state index in [2.05, 4.69) is 60.8 Å². The van der Waals surface area contributed by atoms with Crippen LogP contribution in [-0.2, 0) is 6.54 Å². The highest BCUT2D eigenvalue weighted by atomic mass is 32.1. The van der Waals surface area contributed by atoms with E-state index >= 15 is 0 Å². The number of nitrogens with zero attached hydrogens (tertiary/aromatic N) is 2. The Morgan fingerprint density at radius 2 is 2.16 bits per heavy atom. The summed E-state index contributed by atoms with van der Waals surface area (Å²) in [7, 11) is 4.06. The summed E-state index contributed by atoms with van der Waals surface area (Å²) < 4.78 is 0. The van der Waals surface area contributed by atoms with Crippen molar-refractivity contribution in [3.63, 3.8) is 0 Å². The van der Waals surface area contributed by atoms with Crippen LogP contribution in [-0.4, -0.2) is 19.1 Å². The number of pyridine rings is 1. The Morgan fingerprint density at radius 3 is 2.74 bits per heavy atom. The summed E-state index contributed by atoms with van der Waals surface area (Å²) in [6, 6.07) is 8.88. The van der Waals surface area contributed by atoms with Gasteiger partial charge < -0.3 is 10.2 Å². The molecular formula is C15H21N3S. The predicted molar refractivity (Wildman–Crippen MR) is 82.9 cm³/mol. The van der Waals surface area contributed by atoms with Crippen LogP contribution in [0.15, 0.2) is 29.6 Å².